The Kier molecular flexibility index (Phi) is 12.5. The minimum Gasteiger partial charge on any atom is -0.358 e. The number of aromatic amines is 1. The van der Waals surface area contributed by atoms with E-state index in [4.69, 9.17) is 0 Å². The highest BCUT2D eigenvalue weighted by Crippen LogP contribution is 2.40. The molecule has 5 N–H and O–H groups in total. The van der Waals surface area contributed by atoms with Gasteiger partial charge in [-0.1, -0.05) is 70.9 Å². The number of carbonyl (C=O) groups is 4. The van der Waals surface area contributed by atoms with Crippen molar-refractivity contribution >= 4 is 34.5 Å². The Labute approximate surface area is 311 Å². The van der Waals surface area contributed by atoms with Crippen LogP contribution in [-0.4, -0.2) is 62.3 Å². The first-order valence-electron chi connectivity index (χ1n) is 18.3. The molecule has 5 atom stereocenters. The van der Waals surface area contributed by atoms with Crippen molar-refractivity contribution in [1.82, 2.24) is 35.8 Å². The van der Waals surface area contributed by atoms with Gasteiger partial charge in [0.25, 0.3) is 0 Å². The van der Waals surface area contributed by atoms with Gasteiger partial charge >= 0.3 is 6.18 Å². The highest BCUT2D eigenvalue weighted by molar-refractivity contribution is 5.98. The van der Waals surface area contributed by atoms with Gasteiger partial charge < -0.3 is 30.8 Å². The molecule has 2 aromatic carbocycles. The number of nitrogens with zero attached hydrogens (tertiary/aromatic N) is 2. The number of H-pyrrole nitrogens is 1. The molecule has 290 valence electrons. The Bertz CT molecular complexity index is 1960. The van der Waals surface area contributed by atoms with Gasteiger partial charge in [-0.05, 0) is 47.9 Å². The van der Waals surface area contributed by atoms with Crippen LogP contribution in [0, 0.1) is 17.7 Å². The summed E-state index contributed by atoms with van der Waals surface area (Å²) in [7, 11) is 0. The largest absolute Gasteiger partial charge is 0.418 e. The molecule has 4 aromatic rings. The lowest BCUT2D eigenvalue weighted by atomic mass is 9.78. The third-order valence-corrected chi connectivity index (χ3v) is 10.5. The fourth-order valence-corrected chi connectivity index (χ4v) is 6.94. The third kappa shape index (κ3) is 8.93. The molecule has 0 saturated heterocycles. The molecule has 54 heavy (non-hydrogen) atoms. The predicted molar refractivity (Wildman–Crippen MR) is 194 cm³/mol. The molecule has 0 fully saturated rings. The van der Waals surface area contributed by atoms with E-state index < -0.39 is 64.7 Å². The minimum atomic E-state index is -4.64. The van der Waals surface area contributed by atoms with Crippen molar-refractivity contribution in [2.75, 3.05) is 6.54 Å². The number of hydrogen-bond donors (Lipinski definition) is 5. The molecular weight excluding hydrogens is 706 g/mol. The van der Waals surface area contributed by atoms with Gasteiger partial charge in [-0.2, -0.15) is 13.2 Å². The molecule has 0 aliphatic heterocycles. The van der Waals surface area contributed by atoms with Crippen LogP contribution in [-0.2, 0) is 51.2 Å². The first-order valence-corrected chi connectivity index (χ1v) is 18.3. The van der Waals surface area contributed by atoms with Crippen LogP contribution in [0.3, 0.4) is 0 Å². The van der Waals surface area contributed by atoms with Crippen LogP contribution >= 0.6 is 0 Å². The number of para-hydroxylation sites is 1. The van der Waals surface area contributed by atoms with Crippen LogP contribution in [0.1, 0.15) is 69.3 Å². The van der Waals surface area contributed by atoms with Crippen molar-refractivity contribution in [1.29, 1.82) is 0 Å². The Morgan fingerprint density at radius 3 is 2.31 bits per heavy atom. The molecule has 4 amide bonds. The average molecular weight is 754 g/mol. The van der Waals surface area contributed by atoms with Crippen molar-refractivity contribution in [3.8, 4) is 0 Å². The SMILES string of the molecule is CCC(C)[C@H](NC(=O)Cc1ccccc1F)C(=O)N[C@]1(C(=O)N[C@H](C(=O)NCCn2ccnc2)C(C)CC)CCc2[nH]c3c(C(F)(F)F)cccc3c2C1. The topological polar surface area (TPSA) is 150 Å². The number of rotatable bonds is 15. The number of aryl methyl sites for hydroxylation is 1. The Hall–Kier alpha value is -5.21. The lowest BCUT2D eigenvalue weighted by molar-refractivity contribution is -0.139. The molecule has 1 aliphatic rings. The van der Waals surface area contributed by atoms with E-state index in [0.29, 0.717) is 30.6 Å². The quantitative estimate of drug-likeness (QED) is 0.109. The molecule has 15 heteroatoms. The van der Waals surface area contributed by atoms with Gasteiger partial charge in [0.1, 0.15) is 23.4 Å². The molecule has 11 nitrogen and oxygen atoms in total. The molecule has 0 radical (unpaired) electrons. The standard InChI is InChI=1S/C39H47F4N7O4/c1-5-23(3)32(35(52)45-17-19-50-18-16-44-22-50)48-37(54)38(15-14-30-27(21-38)26-11-9-12-28(34(26)46-30)39(41,42)43)49-36(53)33(24(4)6-2)47-31(51)20-25-10-7-8-13-29(25)40/h7-13,16,18,22-24,32-33,46H,5-6,14-15,17,19-21H2,1-4H3,(H,45,52)(H,47,51)(H,48,54)(H,49,53)/t23?,24?,32-,33-,38+/m0/s1. The average Bonchev–Trinajstić information content (AvgIpc) is 3.80. The highest BCUT2D eigenvalue weighted by atomic mass is 19.4. The molecule has 0 spiro atoms. The van der Waals surface area contributed by atoms with E-state index in [1.54, 1.807) is 36.3 Å². The number of nitrogens with one attached hydrogen (secondary N) is 5. The monoisotopic (exact) mass is 753 g/mol. The summed E-state index contributed by atoms with van der Waals surface area (Å²) in [5.41, 5.74) is -1.61. The molecule has 2 aromatic heterocycles. The van der Waals surface area contributed by atoms with E-state index in [1.165, 1.54) is 30.3 Å². The number of fused-ring (bicyclic) bond motifs is 3. The summed E-state index contributed by atoms with van der Waals surface area (Å²) in [6, 6.07) is 7.47. The number of hydrogen-bond acceptors (Lipinski definition) is 5. The molecule has 1 aliphatic carbocycles. The summed E-state index contributed by atoms with van der Waals surface area (Å²) in [6.07, 6.45) is 0.891. The van der Waals surface area contributed by atoms with Crippen LogP contribution in [0.15, 0.2) is 61.2 Å². The van der Waals surface area contributed by atoms with Gasteiger partial charge in [-0.3, -0.25) is 19.2 Å². The zero-order valence-electron chi connectivity index (χ0n) is 30.8. The fraction of sp³-hybridized carbons (Fsp3) is 0.462. The van der Waals surface area contributed by atoms with Gasteiger partial charge in [0.05, 0.1) is 23.8 Å². The van der Waals surface area contributed by atoms with Crippen LogP contribution < -0.4 is 21.3 Å². The van der Waals surface area contributed by atoms with Crippen molar-refractivity contribution in [2.24, 2.45) is 11.8 Å². The Morgan fingerprint density at radius 2 is 1.67 bits per heavy atom. The molecule has 5 rings (SSSR count). The maximum Gasteiger partial charge on any atom is 0.418 e. The van der Waals surface area contributed by atoms with Crippen LogP contribution in [0.2, 0.25) is 0 Å². The highest BCUT2D eigenvalue weighted by Gasteiger charge is 2.47. The molecule has 0 bridgehead atoms. The van der Waals surface area contributed by atoms with Gasteiger partial charge in [-0.15, -0.1) is 0 Å². The number of alkyl halides is 3. The van der Waals surface area contributed by atoms with E-state index in [9.17, 15) is 36.7 Å². The number of aromatic nitrogens is 3. The van der Waals surface area contributed by atoms with E-state index in [0.717, 1.165) is 6.07 Å². The minimum absolute atomic E-state index is 0.0163. The maximum atomic E-state index is 14.7. The first-order chi connectivity index (χ1) is 25.7. The number of halogens is 4. The van der Waals surface area contributed by atoms with E-state index >= 15 is 0 Å². The summed E-state index contributed by atoms with van der Waals surface area (Å²) >= 11 is 0. The summed E-state index contributed by atoms with van der Waals surface area (Å²) in [4.78, 5) is 62.7. The first kappa shape index (κ1) is 40.0. The lowest BCUT2D eigenvalue weighted by Gasteiger charge is -2.39. The maximum absolute atomic E-state index is 14.7. The van der Waals surface area contributed by atoms with Crippen molar-refractivity contribution in [3.05, 3.63) is 89.4 Å². The second kappa shape index (κ2) is 16.9. The lowest BCUT2D eigenvalue weighted by Crippen LogP contribution is -2.67. The van der Waals surface area contributed by atoms with Crippen molar-refractivity contribution < 1.29 is 36.7 Å². The van der Waals surface area contributed by atoms with Crippen molar-refractivity contribution in [2.45, 2.75) is 96.6 Å². The summed E-state index contributed by atoms with van der Waals surface area (Å²) in [6.45, 7) is 7.96. The second-order valence-corrected chi connectivity index (χ2v) is 14.2. The number of imidazole rings is 1. The molecule has 0 saturated carbocycles. The number of carbonyl (C=O) groups excluding carboxylic acids is 4. The fourth-order valence-electron chi connectivity index (χ4n) is 6.94. The van der Waals surface area contributed by atoms with Crippen LogP contribution in [0.5, 0.6) is 0 Å². The zero-order valence-corrected chi connectivity index (χ0v) is 30.8. The summed E-state index contributed by atoms with van der Waals surface area (Å²) in [5, 5.41) is 11.7. The number of benzene rings is 2. The van der Waals surface area contributed by atoms with Gasteiger partial charge in [-0.25, -0.2) is 9.37 Å². The normalized spacial score (nSPS) is 17.9. The van der Waals surface area contributed by atoms with E-state index in [1.807, 2.05) is 20.8 Å². The zero-order chi connectivity index (χ0) is 39.2. The van der Waals surface area contributed by atoms with Crippen molar-refractivity contribution in [3.63, 3.8) is 0 Å². The summed E-state index contributed by atoms with van der Waals surface area (Å²) < 4.78 is 58.3. The van der Waals surface area contributed by atoms with Gasteiger partial charge in [0.2, 0.25) is 23.6 Å². The molecule has 2 heterocycles. The van der Waals surface area contributed by atoms with Crippen LogP contribution in [0.25, 0.3) is 10.9 Å². The Morgan fingerprint density at radius 1 is 0.963 bits per heavy atom. The smallest absolute Gasteiger partial charge is 0.358 e. The Balaban J connectivity index is 1.47. The molecular formula is C39H47F4N7O4. The summed E-state index contributed by atoms with van der Waals surface area (Å²) in [5.74, 6) is -3.74. The number of amides is 4. The predicted octanol–water partition coefficient (Wildman–Crippen LogP) is 4.99. The second-order valence-electron chi connectivity index (χ2n) is 14.2. The van der Waals surface area contributed by atoms with E-state index in [2.05, 4.69) is 31.2 Å². The van der Waals surface area contributed by atoms with Gasteiger partial charge in [0.15, 0.2) is 0 Å². The third-order valence-electron chi connectivity index (χ3n) is 10.5. The van der Waals surface area contributed by atoms with Gasteiger partial charge in [0, 0.05) is 43.0 Å². The van der Waals surface area contributed by atoms with Crippen LogP contribution in [0.4, 0.5) is 17.6 Å². The van der Waals surface area contributed by atoms with E-state index in [-0.39, 0.29) is 54.6 Å². The molecule has 2 unspecified atom stereocenters.